The lowest BCUT2D eigenvalue weighted by Crippen LogP contribution is -2.23. The highest BCUT2D eigenvalue weighted by Gasteiger charge is 2.00. The molecular weight excluding hydrogens is 284 g/mol. The van der Waals surface area contributed by atoms with Crippen molar-refractivity contribution < 1.29 is 18.9 Å². The molecule has 1 aromatic rings. The van der Waals surface area contributed by atoms with E-state index in [1.165, 1.54) is 5.56 Å². The van der Waals surface area contributed by atoms with Crippen LogP contribution in [-0.2, 0) is 25.5 Å². The van der Waals surface area contributed by atoms with Gasteiger partial charge in [0.05, 0.1) is 46.2 Å². The van der Waals surface area contributed by atoms with Crippen molar-refractivity contribution in [2.24, 2.45) is 0 Å². The molecule has 0 saturated heterocycles. The van der Waals surface area contributed by atoms with E-state index in [0.29, 0.717) is 46.2 Å². The van der Waals surface area contributed by atoms with E-state index in [1.54, 1.807) is 13.3 Å². The Kier molecular flexibility index (Phi) is 11.7. The van der Waals surface area contributed by atoms with Gasteiger partial charge in [-0.05, 0) is 18.7 Å². The molecule has 0 aliphatic heterocycles. The number of hydrogen-bond donors (Lipinski definition) is 0. The second-order valence-corrected chi connectivity index (χ2v) is 4.93. The third-order valence-corrected chi connectivity index (χ3v) is 2.97. The summed E-state index contributed by atoms with van der Waals surface area (Å²) >= 11 is 0. The first-order chi connectivity index (χ1) is 10.8. The lowest BCUT2D eigenvalue weighted by molar-refractivity contribution is 0.00153. The van der Waals surface area contributed by atoms with Crippen LogP contribution >= 0.6 is 0 Å². The number of rotatable bonds is 14. The van der Waals surface area contributed by atoms with Crippen LogP contribution in [0.2, 0.25) is 0 Å². The van der Waals surface area contributed by atoms with Crippen LogP contribution in [0.1, 0.15) is 5.56 Å². The van der Waals surface area contributed by atoms with Crippen molar-refractivity contribution >= 4 is 0 Å². The summed E-state index contributed by atoms with van der Waals surface area (Å²) in [6.45, 7) is 6.09. The van der Waals surface area contributed by atoms with Crippen molar-refractivity contribution in [2.45, 2.75) is 6.54 Å². The van der Waals surface area contributed by atoms with Crippen LogP contribution in [0.5, 0.6) is 0 Å². The molecule has 0 unspecified atom stereocenters. The fourth-order valence-corrected chi connectivity index (χ4v) is 1.79. The summed E-state index contributed by atoms with van der Waals surface area (Å²) in [5.74, 6) is 0. The first-order valence-electron chi connectivity index (χ1n) is 7.62. The summed E-state index contributed by atoms with van der Waals surface area (Å²) in [5, 5.41) is 0. The van der Waals surface area contributed by atoms with E-state index in [1.807, 2.05) is 12.3 Å². The van der Waals surface area contributed by atoms with E-state index < -0.39 is 0 Å². The van der Waals surface area contributed by atoms with E-state index in [9.17, 15) is 0 Å². The third-order valence-electron chi connectivity index (χ3n) is 2.97. The van der Waals surface area contributed by atoms with E-state index in [0.717, 1.165) is 13.1 Å². The average molecular weight is 312 g/mol. The second kappa shape index (κ2) is 13.6. The van der Waals surface area contributed by atoms with Crippen LogP contribution in [-0.4, -0.2) is 76.8 Å². The van der Waals surface area contributed by atoms with Crippen molar-refractivity contribution in [3.8, 4) is 0 Å². The molecule has 0 radical (unpaired) electrons. The van der Waals surface area contributed by atoms with Crippen molar-refractivity contribution in [3.63, 3.8) is 0 Å². The maximum Gasteiger partial charge on any atom is 0.0701 e. The minimum Gasteiger partial charge on any atom is -0.382 e. The standard InChI is InChI=1S/C16H28N2O4/c1-18(15-16-4-3-5-17-14-16)6-7-20-10-11-22-13-12-21-9-8-19-2/h3-5,14H,6-13,15H2,1-2H3. The van der Waals surface area contributed by atoms with Gasteiger partial charge in [-0.15, -0.1) is 0 Å². The summed E-state index contributed by atoms with van der Waals surface area (Å²) in [7, 11) is 3.73. The summed E-state index contributed by atoms with van der Waals surface area (Å²) in [6.07, 6.45) is 3.68. The van der Waals surface area contributed by atoms with Gasteiger partial charge in [-0.1, -0.05) is 6.07 Å². The van der Waals surface area contributed by atoms with Gasteiger partial charge in [0.2, 0.25) is 0 Å². The van der Waals surface area contributed by atoms with Crippen LogP contribution in [0.3, 0.4) is 0 Å². The normalized spacial score (nSPS) is 11.2. The zero-order valence-corrected chi connectivity index (χ0v) is 13.7. The maximum absolute atomic E-state index is 5.54. The molecule has 0 aromatic carbocycles. The molecule has 1 rings (SSSR count). The molecule has 22 heavy (non-hydrogen) atoms. The fourth-order valence-electron chi connectivity index (χ4n) is 1.79. The zero-order valence-electron chi connectivity index (χ0n) is 13.7. The highest BCUT2D eigenvalue weighted by atomic mass is 16.6. The minimum atomic E-state index is 0.591. The molecule has 0 N–H and O–H groups in total. The molecule has 1 aromatic heterocycles. The Labute approximate surface area is 133 Å². The summed E-state index contributed by atoms with van der Waals surface area (Å²) in [4.78, 5) is 6.32. The molecule has 126 valence electrons. The molecule has 1 heterocycles. The van der Waals surface area contributed by atoms with Crippen molar-refractivity contribution in [1.82, 2.24) is 9.88 Å². The second-order valence-electron chi connectivity index (χ2n) is 4.93. The first kappa shape index (κ1) is 19.0. The van der Waals surface area contributed by atoms with Crippen LogP contribution in [0.4, 0.5) is 0 Å². The topological polar surface area (TPSA) is 53.1 Å². The number of ether oxygens (including phenoxy) is 4. The molecule has 0 saturated carbocycles. The highest BCUT2D eigenvalue weighted by Crippen LogP contribution is 1.99. The van der Waals surface area contributed by atoms with Gasteiger partial charge in [0.1, 0.15) is 0 Å². The molecule has 0 spiro atoms. The largest absolute Gasteiger partial charge is 0.382 e. The van der Waals surface area contributed by atoms with Crippen LogP contribution in [0.15, 0.2) is 24.5 Å². The molecule has 0 amide bonds. The molecule has 0 fully saturated rings. The Bertz CT molecular complexity index is 351. The predicted octanol–water partition coefficient (Wildman–Crippen LogP) is 1.21. The van der Waals surface area contributed by atoms with Gasteiger partial charge in [0.25, 0.3) is 0 Å². The Balaban J connectivity index is 1.85. The van der Waals surface area contributed by atoms with Gasteiger partial charge in [0, 0.05) is 32.6 Å². The number of likely N-dealkylation sites (N-methyl/N-ethyl adjacent to an activating group) is 1. The van der Waals surface area contributed by atoms with Crippen LogP contribution in [0, 0.1) is 0 Å². The lowest BCUT2D eigenvalue weighted by Gasteiger charge is -2.16. The van der Waals surface area contributed by atoms with Crippen LogP contribution in [0.25, 0.3) is 0 Å². The lowest BCUT2D eigenvalue weighted by atomic mass is 10.3. The Morgan fingerprint density at radius 1 is 0.955 bits per heavy atom. The summed E-state index contributed by atoms with van der Waals surface area (Å²) in [5.41, 5.74) is 1.21. The van der Waals surface area contributed by atoms with E-state index in [2.05, 4.69) is 23.0 Å². The molecule has 6 heteroatoms. The minimum absolute atomic E-state index is 0.591. The number of nitrogens with zero attached hydrogens (tertiary/aromatic N) is 2. The van der Waals surface area contributed by atoms with Gasteiger partial charge >= 0.3 is 0 Å². The van der Waals surface area contributed by atoms with Gasteiger partial charge in [0.15, 0.2) is 0 Å². The van der Waals surface area contributed by atoms with E-state index in [-0.39, 0.29) is 0 Å². The molecule has 0 atom stereocenters. The summed E-state index contributed by atoms with van der Waals surface area (Å²) < 4.78 is 21.1. The highest BCUT2D eigenvalue weighted by molar-refractivity contribution is 5.07. The van der Waals surface area contributed by atoms with Crippen LogP contribution < -0.4 is 0 Å². The van der Waals surface area contributed by atoms with Gasteiger partial charge in [-0.3, -0.25) is 9.88 Å². The van der Waals surface area contributed by atoms with E-state index >= 15 is 0 Å². The Morgan fingerprint density at radius 3 is 2.18 bits per heavy atom. The van der Waals surface area contributed by atoms with Gasteiger partial charge in [-0.25, -0.2) is 0 Å². The smallest absolute Gasteiger partial charge is 0.0701 e. The third kappa shape index (κ3) is 10.6. The molecule has 0 bridgehead atoms. The maximum atomic E-state index is 5.54. The van der Waals surface area contributed by atoms with Gasteiger partial charge < -0.3 is 18.9 Å². The number of pyridine rings is 1. The predicted molar refractivity (Wildman–Crippen MR) is 84.9 cm³/mol. The zero-order chi connectivity index (χ0) is 15.9. The van der Waals surface area contributed by atoms with Crippen molar-refractivity contribution in [3.05, 3.63) is 30.1 Å². The van der Waals surface area contributed by atoms with Crippen molar-refractivity contribution in [1.29, 1.82) is 0 Å². The Hall–Kier alpha value is -1.05. The fraction of sp³-hybridized carbons (Fsp3) is 0.688. The molecule has 0 aliphatic carbocycles. The number of methoxy groups -OCH3 is 1. The molecule has 6 nitrogen and oxygen atoms in total. The quantitative estimate of drug-likeness (QED) is 0.481. The summed E-state index contributed by atoms with van der Waals surface area (Å²) in [6, 6.07) is 4.03. The van der Waals surface area contributed by atoms with E-state index in [4.69, 9.17) is 18.9 Å². The molecule has 0 aliphatic rings. The molecular formula is C16H28N2O4. The SMILES string of the molecule is COCCOCCOCCOCCN(C)Cc1cccnc1. The number of aromatic nitrogens is 1. The Morgan fingerprint density at radius 2 is 1.59 bits per heavy atom. The van der Waals surface area contributed by atoms with Crippen molar-refractivity contribution in [2.75, 3.05) is 67.0 Å². The average Bonchev–Trinajstić information content (AvgIpc) is 2.53. The first-order valence-corrected chi connectivity index (χ1v) is 7.62. The number of hydrogen-bond acceptors (Lipinski definition) is 6. The van der Waals surface area contributed by atoms with Gasteiger partial charge in [-0.2, -0.15) is 0 Å². The monoisotopic (exact) mass is 312 g/mol.